The molecule has 0 aromatic heterocycles. The zero-order chi connectivity index (χ0) is 15.8. The van der Waals surface area contributed by atoms with Gasteiger partial charge in [-0.05, 0) is 26.8 Å². The van der Waals surface area contributed by atoms with Crippen LogP contribution in [-0.2, 0) is 4.74 Å². The van der Waals surface area contributed by atoms with E-state index in [0.717, 1.165) is 0 Å². The van der Waals surface area contributed by atoms with Gasteiger partial charge in [0.1, 0.15) is 0 Å². The SMILES string of the molecule is CCNc1ccc([N+](=O)[O-])cc1C(=O)NC(C)COCC. The number of hydrogen-bond donors (Lipinski definition) is 2. The molecular weight excluding hydrogens is 274 g/mol. The standard InChI is InChI=1S/C14H21N3O4/c1-4-15-13-7-6-11(17(19)20)8-12(13)14(18)16-10(3)9-21-5-2/h6-8,10,15H,4-5,9H2,1-3H3,(H,16,18). The van der Waals surface area contributed by atoms with Gasteiger partial charge in [-0.1, -0.05) is 0 Å². The van der Waals surface area contributed by atoms with Crippen LogP contribution in [0.1, 0.15) is 31.1 Å². The van der Waals surface area contributed by atoms with E-state index in [2.05, 4.69) is 10.6 Å². The van der Waals surface area contributed by atoms with Gasteiger partial charge in [0.25, 0.3) is 11.6 Å². The van der Waals surface area contributed by atoms with E-state index in [4.69, 9.17) is 4.74 Å². The number of hydrogen-bond acceptors (Lipinski definition) is 5. The first-order valence-electron chi connectivity index (χ1n) is 6.90. The molecule has 0 aliphatic rings. The first-order chi connectivity index (χ1) is 9.99. The Labute approximate surface area is 123 Å². The van der Waals surface area contributed by atoms with Crippen molar-refractivity contribution in [2.75, 3.05) is 25.1 Å². The van der Waals surface area contributed by atoms with E-state index >= 15 is 0 Å². The zero-order valence-electron chi connectivity index (χ0n) is 12.5. The third-order valence-corrected chi connectivity index (χ3v) is 2.78. The van der Waals surface area contributed by atoms with E-state index < -0.39 is 4.92 Å². The second-order valence-electron chi connectivity index (χ2n) is 4.55. The predicted molar refractivity (Wildman–Crippen MR) is 80.7 cm³/mol. The maximum atomic E-state index is 12.3. The summed E-state index contributed by atoms with van der Waals surface area (Å²) < 4.78 is 5.23. The molecule has 21 heavy (non-hydrogen) atoms. The smallest absolute Gasteiger partial charge is 0.270 e. The van der Waals surface area contributed by atoms with Gasteiger partial charge < -0.3 is 15.4 Å². The molecule has 1 amide bonds. The molecule has 0 fully saturated rings. The number of nitrogens with one attached hydrogen (secondary N) is 2. The highest BCUT2D eigenvalue weighted by Crippen LogP contribution is 2.22. The molecule has 116 valence electrons. The minimum atomic E-state index is -0.518. The van der Waals surface area contributed by atoms with Gasteiger partial charge in [0, 0.05) is 37.0 Å². The van der Waals surface area contributed by atoms with Gasteiger partial charge in [-0.3, -0.25) is 14.9 Å². The number of carbonyl (C=O) groups excluding carboxylic acids is 1. The van der Waals surface area contributed by atoms with Crippen molar-refractivity contribution in [1.82, 2.24) is 5.32 Å². The fourth-order valence-electron chi connectivity index (χ4n) is 1.82. The number of benzene rings is 1. The van der Waals surface area contributed by atoms with Crippen molar-refractivity contribution in [3.63, 3.8) is 0 Å². The lowest BCUT2D eigenvalue weighted by Gasteiger charge is -2.15. The van der Waals surface area contributed by atoms with Gasteiger partial charge >= 0.3 is 0 Å². The summed E-state index contributed by atoms with van der Waals surface area (Å²) in [5.74, 6) is -0.359. The summed E-state index contributed by atoms with van der Waals surface area (Å²) in [7, 11) is 0. The molecule has 0 spiro atoms. The molecule has 0 saturated carbocycles. The Hall–Kier alpha value is -2.15. The lowest BCUT2D eigenvalue weighted by Crippen LogP contribution is -2.36. The van der Waals surface area contributed by atoms with E-state index in [1.807, 2.05) is 20.8 Å². The maximum absolute atomic E-state index is 12.3. The predicted octanol–water partition coefficient (Wildman–Crippen LogP) is 2.18. The van der Waals surface area contributed by atoms with Gasteiger partial charge in [-0.2, -0.15) is 0 Å². The second-order valence-corrected chi connectivity index (χ2v) is 4.55. The van der Waals surface area contributed by atoms with Crippen molar-refractivity contribution in [2.24, 2.45) is 0 Å². The summed E-state index contributed by atoms with van der Waals surface area (Å²) in [5, 5.41) is 16.6. The van der Waals surface area contributed by atoms with E-state index in [-0.39, 0.29) is 23.2 Å². The Balaban J connectivity index is 2.93. The zero-order valence-corrected chi connectivity index (χ0v) is 12.5. The van der Waals surface area contributed by atoms with Crippen molar-refractivity contribution in [3.05, 3.63) is 33.9 Å². The molecule has 1 aromatic rings. The number of non-ortho nitro benzene ring substituents is 1. The van der Waals surface area contributed by atoms with Crippen LogP contribution < -0.4 is 10.6 Å². The van der Waals surface area contributed by atoms with E-state index in [9.17, 15) is 14.9 Å². The van der Waals surface area contributed by atoms with Gasteiger partial charge in [0.05, 0.1) is 17.1 Å². The fraction of sp³-hybridized carbons (Fsp3) is 0.500. The summed E-state index contributed by atoms with van der Waals surface area (Å²) in [4.78, 5) is 22.6. The minimum Gasteiger partial charge on any atom is -0.385 e. The highest BCUT2D eigenvalue weighted by molar-refractivity contribution is 6.00. The van der Waals surface area contributed by atoms with Crippen molar-refractivity contribution in [1.29, 1.82) is 0 Å². The molecule has 0 saturated heterocycles. The summed E-state index contributed by atoms with van der Waals surface area (Å²) in [6, 6.07) is 4.02. The molecule has 1 aromatic carbocycles. The molecule has 7 nitrogen and oxygen atoms in total. The molecule has 2 N–H and O–H groups in total. The van der Waals surface area contributed by atoms with Gasteiger partial charge in [-0.25, -0.2) is 0 Å². The molecule has 0 aliphatic carbocycles. The molecule has 0 radical (unpaired) electrons. The topological polar surface area (TPSA) is 93.5 Å². The van der Waals surface area contributed by atoms with E-state index in [1.54, 1.807) is 6.07 Å². The lowest BCUT2D eigenvalue weighted by molar-refractivity contribution is -0.384. The number of nitro groups is 1. The van der Waals surface area contributed by atoms with Crippen molar-refractivity contribution >= 4 is 17.3 Å². The van der Waals surface area contributed by atoms with Crippen LogP contribution in [0, 0.1) is 10.1 Å². The van der Waals surface area contributed by atoms with E-state index in [0.29, 0.717) is 25.4 Å². The van der Waals surface area contributed by atoms with Crippen molar-refractivity contribution in [3.8, 4) is 0 Å². The lowest BCUT2D eigenvalue weighted by atomic mass is 10.1. The molecule has 1 atom stereocenters. The van der Waals surface area contributed by atoms with Crippen LogP contribution in [0.2, 0.25) is 0 Å². The first kappa shape index (κ1) is 16.9. The quantitative estimate of drug-likeness (QED) is 0.566. The average molecular weight is 295 g/mol. The Morgan fingerprint density at radius 3 is 2.71 bits per heavy atom. The largest absolute Gasteiger partial charge is 0.385 e. The van der Waals surface area contributed by atoms with Crippen LogP contribution in [0.15, 0.2) is 18.2 Å². The van der Waals surface area contributed by atoms with E-state index in [1.165, 1.54) is 12.1 Å². The Bertz CT molecular complexity index is 505. The van der Waals surface area contributed by atoms with Crippen molar-refractivity contribution < 1.29 is 14.5 Å². The Morgan fingerprint density at radius 2 is 2.14 bits per heavy atom. The molecule has 0 aliphatic heterocycles. The highest BCUT2D eigenvalue weighted by Gasteiger charge is 2.18. The summed E-state index contributed by atoms with van der Waals surface area (Å²) in [6.45, 7) is 7.16. The second kappa shape index (κ2) is 8.21. The maximum Gasteiger partial charge on any atom is 0.270 e. The highest BCUT2D eigenvalue weighted by atomic mass is 16.6. The van der Waals surface area contributed by atoms with Crippen LogP contribution in [-0.4, -0.2) is 36.6 Å². The summed E-state index contributed by atoms with van der Waals surface area (Å²) >= 11 is 0. The first-order valence-corrected chi connectivity index (χ1v) is 6.90. The Morgan fingerprint density at radius 1 is 1.43 bits per heavy atom. The number of amides is 1. The molecule has 1 rings (SSSR count). The average Bonchev–Trinajstić information content (AvgIpc) is 2.45. The van der Waals surface area contributed by atoms with Gasteiger partial charge in [-0.15, -0.1) is 0 Å². The molecule has 7 heteroatoms. The van der Waals surface area contributed by atoms with Crippen LogP contribution in [0.4, 0.5) is 11.4 Å². The summed E-state index contributed by atoms with van der Waals surface area (Å²) in [6.07, 6.45) is 0. The van der Waals surface area contributed by atoms with Crippen LogP contribution in [0.25, 0.3) is 0 Å². The van der Waals surface area contributed by atoms with Gasteiger partial charge in [0.2, 0.25) is 0 Å². The number of nitro benzene ring substituents is 1. The molecule has 1 unspecified atom stereocenters. The summed E-state index contributed by atoms with van der Waals surface area (Å²) in [5.41, 5.74) is 0.720. The molecular formula is C14H21N3O4. The monoisotopic (exact) mass is 295 g/mol. The number of nitrogens with zero attached hydrogens (tertiary/aromatic N) is 1. The third kappa shape index (κ3) is 5.03. The molecule has 0 bridgehead atoms. The third-order valence-electron chi connectivity index (χ3n) is 2.78. The van der Waals surface area contributed by atoms with Gasteiger partial charge in [0.15, 0.2) is 0 Å². The normalized spacial score (nSPS) is 11.8. The number of rotatable bonds is 8. The van der Waals surface area contributed by atoms with Crippen molar-refractivity contribution in [2.45, 2.75) is 26.8 Å². The minimum absolute atomic E-state index is 0.112. The number of ether oxygens (including phenoxy) is 1. The van der Waals surface area contributed by atoms with Crippen LogP contribution in [0.3, 0.4) is 0 Å². The fourth-order valence-corrected chi connectivity index (χ4v) is 1.82. The number of carbonyl (C=O) groups is 1. The number of anilines is 1. The Kier molecular flexibility index (Phi) is 6.61. The van der Waals surface area contributed by atoms with Crippen LogP contribution >= 0.6 is 0 Å². The van der Waals surface area contributed by atoms with Crippen LogP contribution in [0.5, 0.6) is 0 Å². The molecule has 0 heterocycles.